The number of hydrogen-bond donors (Lipinski definition) is 3. The van der Waals surface area contributed by atoms with Crippen molar-refractivity contribution in [3.05, 3.63) is 61.8 Å². The van der Waals surface area contributed by atoms with Gasteiger partial charge in [0.15, 0.2) is 5.65 Å². The molecule has 0 aliphatic rings. The zero-order valence-corrected chi connectivity index (χ0v) is 15.0. The molecule has 2 aromatic heterocycles. The second-order valence-corrected chi connectivity index (χ2v) is 6.28. The Hall–Kier alpha value is -3.44. The summed E-state index contributed by atoms with van der Waals surface area (Å²) in [6.45, 7) is -0.428. The lowest BCUT2D eigenvalue weighted by atomic mass is 10.1. The first-order valence-corrected chi connectivity index (χ1v) is 8.36. The van der Waals surface area contributed by atoms with Crippen LogP contribution in [0.15, 0.2) is 27.8 Å². The lowest BCUT2D eigenvalue weighted by Gasteiger charge is -2.13. The molecule has 3 rings (SSSR count). The quantitative estimate of drug-likeness (QED) is 0.548. The number of nitrogens with zero attached hydrogens (tertiary/aromatic N) is 2. The van der Waals surface area contributed by atoms with Crippen LogP contribution >= 0.6 is 0 Å². The van der Waals surface area contributed by atoms with E-state index in [1.165, 1.54) is 7.05 Å². The first-order valence-electron chi connectivity index (χ1n) is 8.36. The van der Waals surface area contributed by atoms with E-state index in [-0.39, 0.29) is 35.4 Å². The van der Waals surface area contributed by atoms with Crippen molar-refractivity contribution in [3.8, 4) is 0 Å². The molecule has 0 atom stereocenters. The van der Waals surface area contributed by atoms with E-state index in [2.05, 4.69) is 20.3 Å². The number of carbonyl (C=O) groups excluding carboxylic acids is 1. The standard InChI is InChI=1S/C17H15F4N5O3/c1-26-14-13(15(28)25-16(26)29)23-11(24-14)4-5-12(27)22-7-8-2-3-9(18)6-10(8)17(19,20)21/h2-3,6H,4-5,7H2,1H3,(H,22,27)(H,23,24)(H,25,28,29). The Kier molecular flexibility index (Phi) is 5.27. The molecular weight excluding hydrogens is 398 g/mol. The van der Waals surface area contributed by atoms with Crippen molar-refractivity contribution in [2.45, 2.75) is 25.6 Å². The summed E-state index contributed by atoms with van der Waals surface area (Å²) in [5.74, 6) is -1.33. The van der Waals surface area contributed by atoms with Gasteiger partial charge in [0.1, 0.15) is 17.2 Å². The number of imidazole rings is 1. The molecule has 8 nitrogen and oxygen atoms in total. The van der Waals surface area contributed by atoms with Gasteiger partial charge < -0.3 is 10.3 Å². The molecule has 154 valence electrons. The second kappa shape index (κ2) is 7.53. The van der Waals surface area contributed by atoms with Crippen LogP contribution in [0, 0.1) is 5.82 Å². The number of aromatic nitrogens is 4. The first-order chi connectivity index (χ1) is 13.6. The summed E-state index contributed by atoms with van der Waals surface area (Å²) in [4.78, 5) is 44.2. The molecule has 0 spiro atoms. The highest BCUT2D eigenvalue weighted by molar-refractivity contribution is 5.76. The lowest BCUT2D eigenvalue weighted by Crippen LogP contribution is -2.28. The number of amides is 1. The number of alkyl halides is 3. The summed E-state index contributed by atoms with van der Waals surface area (Å²) in [5, 5.41) is 2.34. The Balaban J connectivity index is 1.67. The number of nitrogens with one attached hydrogen (secondary N) is 3. The van der Waals surface area contributed by atoms with Crippen LogP contribution < -0.4 is 16.6 Å². The number of halogens is 4. The number of hydrogen-bond acceptors (Lipinski definition) is 4. The SMILES string of the molecule is Cn1c(=O)[nH]c(=O)c2[nH]c(CCC(=O)NCc3ccc(F)cc3C(F)(F)F)nc21. The van der Waals surface area contributed by atoms with Crippen LogP contribution in [0.1, 0.15) is 23.4 Å². The Morgan fingerprint density at radius 3 is 2.66 bits per heavy atom. The van der Waals surface area contributed by atoms with Crippen molar-refractivity contribution in [1.29, 1.82) is 0 Å². The van der Waals surface area contributed by atoms with E-state index in [0.717, 1.165) is 16.7 Å². The molecule has 0 aliphatic carbocycles. The van der Waals surface area contributed by atoms with E-state index >= 15 is 0 Å². The number of H-pyrrole nitrogens is 2. The van der Waals surface area contributed by atoms with Crippen LogP contribution in [0.3, 0.4) is 0 Å². The fourth-order valence-corrected chi connectivity index (χ4v) is 2.75. The van der Waals surface area contributed by atoms with Crippen LogP contribution in [0.5, 0.6) is 0 Å². The van der Waals surface area contributed by atoms with Crippen LogP contribution in [0.2, 0.25) is 0 Å². The molecule has 3 aromatic rings. The molecular formula is C17H15F4N5O3. The minimum atomic E-state index is -4.75. The Morgan fingerprint density at radius 2 is 1.97 bits per heavy atom. The second-order valence-electron chi connectivity index (χ2n) is 6.28. The van der Waals surface area contributed by atoms with Crippen molar-refractivity contribution in [1.82, 2.24) is 24.8 Å². The molecule has 0 bridgehead atoms. The molecule has 2 heterocycles. The van der Waals surface area contributed by atoms with Gasteiger partial charge in [-0.1, -0.05) is 6.07 Å². The number of benzene rings is 1. The minimum absolute atomic E-state index is 0.0592. The molecule has 12 heteroatoms. The van der Waals surface area contributed by atoms with Gasteiger partial charge in [0, 0.05) is 26.4 Å². The van der Waals surface area contributed by atoms with Crippen molar-refractivity contribution in [2.24, 2.45) is 7.05 Å². The van der Waals surface area contributed by atoms with E-state index in [4.69, 9.17) is 0 Å². The Bertz CT molecular complexity index is 1190. The molecule has 0 unspecified atom stereocenters. The van der Waals surface area contributed by atoms with Gasteiger partial charge >= 0.3 is 11.9 Å². The molecule has 0 fully saturated rings. The highest BCUT2D eigenvalue weighted by Crippen LogP contribution is 2.32. The van der Waals surface area contributed by atoms with Crippen LogP contribution in [0.25, 0.3) is 11.2 Å². The van der Waals surface area contributed by atoms with Crippen LogP contribution in [-0.4, -0.2) is 25.4 Å². The third kappa shape index (κ3) is 4.36. The van der Waals surface area contributed by atoms with E-state index < -0.39 is 41.3 Å². The van der Waals surface area contributed by atoms with Crippen molar-refractivity contribution in [3.63, 3.8) is 0 Å². The van der Waals surface area contributed by atoms with Gasteiger partial charge in [-0.2, -0.15) is 13.2 Å². The minimum Gasteiger partial charge on any atom is -0.352 e. The molecule has 0 saturated carbocycles. The maximum Gasteiger partial charge on any atom is 0.416 e. The smallest absolute Gasteiger partial charge is 0.352 e. The van der Waals surface area contributed by atoms with E-state index in [1.54, 1.807) is 0 Å². The first kappa shape index (κ1) is 20.3. The predicted octanol–water partition coefficient (Wildman–Crippen LogP) is 1.36. The summed E-state index contributed by atoms with van der Waals surface area (Å²) in [6, 6.07) is 2.22. The molecule has 0 aliphatic heterocycles. The van der Waals surface area contributed by atoms with Crippen LogP contribution in [0.4, 0.5) is 17.6 Å². The van der Waals surface area contributed by atoms with E-state index in [0.29, 0.717) is 6.07 Å². The largest absolute Gasteiger partial charge is 0.416 e. The van der Waals surface area contributed by atoms with Gasteiger partial charge in [0.25, 0.3) is 5.56 Å². The van der Waals surface area contributed by atoms with Crippen molar-refractivity contribution < 1.29 is 22.4 Å². The summed E-state index contributed by atoms with van der Waals surface area (Å²) in [6.07, 6.45) is -4.82. The van der Waals surface area contributed by atoms with Gasteiger partial charge in [-0.25, -0.2) is 14.2 Å². The molecule has 1 aromatic carbocycles. The predicted molar refractivity (Wildman–Crippen MR) is 93.5 cm³/mol. The molecule has 3 N–H and O–H groups in total. The van der Waals surface area contributed by atoms with Gasteiger partial charge in [-0.05, 0) is 17.7 Å². The average Bonchev–Trinajstić information content (AvgIpc) is 3.08. The summed E-state index contributed by atoms with van der Waals surface area (Å²) in [5.41, 5.74) is -2.52. The molecule has 1 amide bonds. The monoisotopic (exact) mass is 413 g/mol. The number of aryl methyl sites for hydroxylation is 2. The number of rotatable bonds is 5. The average molecular weight is 413 g/mol. The third-order valence-electron chi connectivity index (χ3n) is 4.25. The fourth-order valence-electron chi connectivity index (χ4n) is 2.75. The van der Waals surface area contributed by atoms with Gasteiger partial charge in [-0.3, -0.25) is 19.1 Å². The highest BCUT2D eigenvalue weighted by Gasteiger charge is 2.33. The topological polar surface area (TPSA) is 113 Å². The lowest BCUT2D eigenvalue weighted by molar-refractivity contribution is -0.138. The van der Waals surface area contributed by atoms with Crippen molar-refractivity contribution >= 4 is 17.1 Å². The van der Waals surface area contributed by atoms with E-state index in [1.807, 2.05) is 0 Å². The Morgan fingerprint density at radius 1 is 1.24 bits per heavy atom. The number of fused-ring (bicyclic) bond motifs is 1. The fraction of sp³-hybridized carbons (Fsp3) is 0.294. The molecule has 0 saturated heterocycles. The zero-order chi connectivity index (χ0) is 21.3. The van der Waals surface area contributed by atoms with Crippen molar-refractivity contribution in [2.75, 3.05) is 0 Å². The normalized spacial score (nSPS) is 11.8. The summed E-state index contributed by atoms with van der Waals surface area (Å²) in [7, 11) is 1.42. The summed E-state index contributed by atoms with van der Waals surface area (Å²) >= 11 is 0. The Labute approximate surface area is 159 Å². The molecule has 29 heavy (non-hydrogen) atoms. The third-order valence-corrected chi connectivity index (χ3v) is 4.25. The van der Waals surface area contributed by atoms with Crippen LogP contribution in [-0.2, 0) is 31.0 Å². The summed E-state index contributed by atoms with van der Waals surface area (Å²) < 4.78 is 53.2. The zero-order valence-electron chi connectivity index (χ0n) is 15.0. The maximum absolute atomic E-state index is 13.1. The number of carbonyl (C=O) groups is 1. The van der Waals surface area contributed by atoms with Gasteiger partial charge in [-0.15, -0.1) is 0 Å². The van der Waals surface area contributed by atoms with E-state index in [9.17, 15) is 31.9 Å². The highest BCUT2D eigenvalue weighted by atomic mass is 19.4. The molecule has 0 radical (unpaired) electrons. The maximum atomic E-state index is 13.1. The van der Waals surface area contributed by atoms with Gasteiger partial charge in [0.05, 0.1) is 5.56 Å². The van der Waals surface area contributed by atoms with Gasteiger partial charge in [0.2, 0.25) is 5.91 Å². The number of aromatic amines is 2.